The summed E-state index contributed by atoms with van der Waals surface area (Å²) in [6.07, 6.45) is 0. The number of hydrogen-bond donors (Lipinski definition) is 0. The fourth-order valence-electron chi connectivity index (χ4n) is 1.89. The third-order valence-electron chi connectivity index (χ3n) is 3.28. The lowest BCUT2D eigenvalue weighted by Crippen LogP contribution is -2.09. The predicted molar refractivity (Wildman–Crippen MR) is 70.4 cm³/mol. The van der Waals surface area contributed by atoms with Gasteiger partial charge in [0.05, 0.1) is 5.56 Å². The zero-order valence-electron chi connectivity index (χ0n) is 11.1. The van der Waals surface area contributed by atoms with Gasteiger partial charge in [-0.05, 0) is 49.6 Å². The molecule has 0 heterocycles. The van der Waals surface area contributed by atoms with Crippen LogP contribution in [0.1, 0.15) is 32.6 Å². The Morgan fingerprint density at radius 3 is 2.16 bits per heavy atom. The zero-order chi connectivity index (χ0) is 14.2. The first-order valence-corrected chi connectivity index (χ1v) is 5.98. The van der Waals surface area contributed by atoms with Crippen LogP contribution in [0.5, 0.6) is 0 Å². The molecule has 0 aliphatic heterocycles. The van der Waals surface area contributed by atoms with Gasteiger partial charge in [0.25, 0.3) is 0 Å². The lowest BCUT2D eigenvalue weighted by molar-refractivity contribution is 0.103. The fraction of sp³-hybridized carbons (Fsp3) is 0.188. The number of aryl methyl sites for hydroxylation is 3. The Balaban J connectivity index is 2.56. The van der Waals surface area contributed by atoms with Crippen LogP contribution in [-0.2, 0) is 0 Å². The van der Waals surface area contributed by atoms with E-state index in [0.717, 1.165) is 17.2 Å². The molecule has 0 atom stereocenters. The van der Waals surface area contributed by atoms with Gasteiger partial charge in [-0.2, -0.15) is 0 Å². The normalized spacial score (nSPS) is 10.6. The van der Waals surface area contributed by atoms with Gasteiger partial charge < -0.3 is 0 Å². The van der Waals surface area contributed by atoms with Crippen molar-refractivity contribution in [3.8, 4) is 0 Å². The number of carbonyl (C=O) groups is 1. The first-order valence-electron chi connectivity index (χ1n) is 5.98. The summed E-state index contributed by atoms with van der Waals surface area (Å²) in [5.74, 6) is -2.24. The van der Waals surface area contributed by atoms with E-state index in [-0.39, 0.29) is 5.56 Å². The van der Waals surface area contributed by atoms with Crippen LogP contribution in [0.2, 0.25) is 0 Å². The molecule has 0 spiro atoms. The van der Waals surface area contributed by atoms with Crippen LogP contribution in [0.4, 0.5) is 8.78 Å². The number of ketones is 1. The number of carbonyl (C=O) groups excluding carboxylic acids is 1. The minimum Gasteiger partial charge on any atom is -0.288 e. The van der Waals surface area contributed by atoms with Gasteiger partial charge >= 0.3 is 0 Å². The van der Waals surface area contributed by atoms with Gasteiger partial charge in [0.15, 0.2) is 5.78 Å². The summed E-state index contributed by atoms with van der Waals surface area (Å²) in [4.78, 5) is 12.2. The second-order valence-electron chi connectivity index (χ2n) is 4.68. The molecule has 19 heavy (non-hydrogen) atoms. The molecule has 98 valence electrons. The molecule has 0 aliphatic rings. The smallest absolute Gasteiger partial charge is 0.198 e. The van der Waals surface area contributed by atoms with E-state index >= 15 is 0 Å². The van der Waals surface area contributed by atoms with E-state index in [0.29, 0.717) is 5.56 Å². The van der Waals surface area contributed by atoms with E-state index < -0.39 is 23.0 Å². The fourth-order valence-corrected chi connectivity index (χ4v) is 1.89. The molecule has 0 aromatic heterocycles. The predicted octanol–water partition coefficient (Wildman–Crippen LogP) is 4.12. The van der Waals surface area contributed by atoms with E-state index in [2.05, 4.69) is 0 Å². The van der Waals surface area contributed by atoms with Crippen LogP contribution in [0, 0.1) is 32.4 Å². The first kappa shape index (κ1) is 13.4. The van der Waals surface area contributed by atoms with E-state index in [1.165, 1.54) is 13.0 Å². The standard InChI is InChI=1S/C16H14F2O/c1-9-4-6-12(8-11(9)3)16(19)14-13(17)7-5-10(2)15(14)18/h4-8H,1-3H3. The molecule has 2 aromatic rings. The van der Waals surface area contributed by atoms with Crippen molar-refractivity contribution in [1.82, 2.24) is 0 Å². The molecule has 1 nitrogen and oxygen atoms in total. The van der Waals surface area contributed by atoms with E-state index in [1.807, 2.05) is 13.8 Å². The number of hydrogen-bond acceptors (Lipinski definition) is 1. The van der Waals surface area contributed by atoms with Gasteiger partial charge in [0.2, 0.25) is 0 Å². The summed E-state index contributed by atoms with van der Waals surface area (Å²) in [7, 11) is 0. The average molecular weight is 260 g/mol. The van der Waals surface area contributed by atoms with Crippen molar-refractivity contribution < 1.29 is 13.6 Å². The second kappa shape index (κ2) is 4.92. The molecule has 0 saturated carbocycles. The molecular formula is C16H14F2O. The minimum atomic E-state index is -0.827. The average Bonchev–Trinajstić information content (AvgIpc) is 2.37. The van der Waals surface area contributed by atoms with E-state index in [1.54, 1.807) is 18.2 Å². The van der Waals surface area contributed by atoms with Crippen LogP contribution in [0.15, 0.2) is 30.3 Å². The summed E-state index contributed by atoms with van der Waals surface area (Å²) in [6, 6.07) is 7.45. The number of benzene rings is 2. The van der Waals surface area contributed by atoms with Crippen LogP contribution in [0.25, 0.3) is 0 Å². The Morgan fingerprint density at radius 1 is 0.895 bits per heavy atom. The molecule has 0 N–H and O–H groups in total. The minimum absolute atomic E-state index is 0.258. The van der Waals surface area contributed by atoms with Crippen LogP contribution in [-0.4, -0.2) is 5.78 Å². The highest BCUT2D eigenvalue weighted by Gasteiger charge is 2.20. The van der Waals surface area contributed by atoms with E-state index in [4.69, 9.17) is 0 Å². The largest absolute Gasteiger partial charge is 0.288 e. The topological polar surface area (TPSA) is 17.1 Å². The number of rotatable bonds is 2. The summed E-state index contributed by atoms with van der Waals surface area (Å²) in [6.45, 7) is 5.28. The van der Waals surface area contributed by atoms with Gasteiger partial charge in [-0.25, -0.2) is 8.78 Å². The lowest BCUT2D eigenvalue weighted by atomic mass is 9.97. The third kappa shape index (κ3) is 2.41. The highest BCUT2D eigenvalue weighted by Crippen LogP contribution is 2.21. The van der Waals surface area contributed by atoms with Crippen molar-refractivity contribution in [3.05, 3.63) is 69.8 Å². The Labute approximate surface area is 110 Å². The molecule has 0 saturated heterocycles. The van der Waals surface area contributed by atoms with Crippen LogP contribution < -0.4 is 0 Å². The SMILES string of the molecule is Cc1ccc(C(=O)c2c(F)ccc(C)c2F)cc1C. The molecule has 0 unspecified atom stereocenters. The number of halogens is 2. The van der Waals surface area contributed by atoms with Crippen LogP contribution in [0.3, 0.4) is 0 Å². The molecule has 3 heteroatoms. The third-order valence-corrected chi connectivity index (χ3v) is 3.28. The van der Waals surface area contributed by atoms with Crippen molar-refractivity contribution in [1.29, 1.82) is 0 Å². The van der Waals surface area contributed by atoms with E-state index in [9.17, 15) is 13.6 Å². The Hall–Kier alpha value is -2.03. The quantitative estimate of drug-likeness (QED) is 0.742. The summed E-state index contributed by atoms with van der Waals surface area (Å²) in [5, 5.41) is 0. The lowest BCUT2D eigenvalue weighted by Gasteiger charge is -2.08. The van der Waals surface area contributed by atoms with Gasteiger partial charge in [-0.3, -0.25) is 4.79 Å². The molecule has 2 aromatic carbocycles. The maximum absolute atomic E-state index is 13.9. The molecule has 0 radical (unpaired) electrons. The molecular weight excluding hydrogens is 246 g/mol. The van der Waals surface area contributed by atoms with Crippen LogP contribution >= 0.6 is 0 Å². The molecule has 0 fully saturated rings. The van der Waals surface area contributed by atoms with Gasteiger partial charge in [-0.15, -0.1) is 0 Å². The molecule has 0 aliphatic carbocycles. The van der Waals surface area contributed by atoms with Crippen molar-refractivity contribution in [2.45, 2.75) is 20.8 Å². The highest BCUT2D eigenvalue weighted by molar-refractivity contribution is 6.09. The Kier molecular flexibility index (Phi) is 3.47. The zero-order valence-corrected chi connectivity index (χ0v) is 11.1. The Morgan fingerprint density at radius 2 is 1.53 bits per heavy atom. The van der Waals surface area contributed by atoms with Gasteiger partial charge in [-0.1, -0.05) is 18.2 Å². The van der Waals surface area contributed by atoms with Gasteiger partial charge in [0.1, 0.15) is 11.6 Å². The maximum Gasteiger partial charge on any atom is 0.198 e. The van der Waals surface area contributed by atoms with Crippen molar-refractivity contribution in [2.75, 3.05) is 0 Å². The van der Waals surface area contributed by atoms with Crippen molar-refractivity contribution in [3.63, 3.8) is 0 Å². The monoisotopic (exact) mass is 260 g/mol. The van der Waals surface area contributed by atoms with Crippen molar-refractivity contribution in [2.24, 2.45) is 0 Å². The maximum atomic E-state index is 13.9. The first-order chi connectivity index (χ1) is 8.91. The highest BCUT2D eigenvalue weighted by atomic mass is 19.1. The second-order valence-corrected chi connectivity index (χ2v) is 4.68. The Bertz CT molecular complexity index is 660. The molecule has 0 amide bonds. The summed E-state index contributed by atoms with van der Waals surface area (Å²) >= 11 is 0. The summed E-state index contributed by atoms with van der Waals surface area (Å²) in [5.41, 5.74) is 2.02. The van der Waals surface area contributed by atoms with Gasteiger partial charge in [0, 0.05) is 5.56 Å². The van der Waals surface area contributed by atoms with Crippen molar-refractivity contribution >= 4 is 5.78 Å². The molecule has 2 rings (SSSR count). The molecule has 0 bridgehead atoms. The summed E-state index contributed by atoms with van der Waals surface area (Å²) < 4.78 is 27.6.